The molecule has 23 heavy (non-hydrogen) atoms. The standard InChI is InChI=1S/C16H14N4O3/c1-19-14-8-7-12(20(22)23)10-13(14)16(18-19)17-15(21)9-11-5-3-2-4-6-11/h2-8,10H,9H2,1H3,(H,17,18,21). The minimum absolute atomic E-state index is 0.0379. The highest BCUT2D eigenvalue weighted by atomic mass is 16.6. The highest BCUT2D eigenvalue weighted by Crippen LogP contribution is 2.26. The van der Waals surface area contributed by atoms with Crippen molar-refractivity contribution in [3.8, 4) is 0 Å². The topological polar surface area (TPSA) is 90.1 Å². The molecule has 2 aromatic carbocycles. The number of fused-ring (bicyclic) bond motifs is 1. The number of anilines is 1. The largest absolute Gasteiger partial charge is 0.308 e. The van der Waals surface area contributed by atoms with E-state index < -0.39 is 4.92 Å². The molecule has 7 heteroatoms. The van der Waals surface area contributed by atoms with Crippen LogP contribution in [0.2, 0.25) is 0 Å². The average molecular weight is 310 g/mol. The molecule has 3 aromatic rings. The Morgan fingerprint density at radius 3 is 2.70 bits per heavy atom. The van der Waals surface area contributed by atoms with Crippen molar-refractivity contribution in [2.75, 3.05) is 5.32 Å². The summed E-state index contributed by atoms with van der Waals surface area (Å²) in [5.74, 6) is 0.106. The van der Waals surface area contributed by atoms with E-state index in [0.717, 1.165) is 5.56 Å². The first-order valence-corrected chi connectivity index (χ1v) is 6.99. The first-order chi connectivity index (χ1) is 11.0. The van der Waals surface area contributed by atoms with Gasteiger partial charge in [0, 0.05) is 19.2 Å². The van der Waals surface area contributed by atoms with Crippen LogP contribution < -0.4 is 5.32 Å². The maximum atomic E-state index is 12.2. The van der Waals surface area contributed by atoms with E-state index in [1.807, 2.05) is 30.3 Å². The molecule has 0 aliphatic carbocycles. The molecule has 7 nitrogen and oxygen atoms in total. The number of nitrogens with zero attached hydrogens (tertiary/aromatic N) is 3. The summed E-state index contributed by atoms with van der Waals surface area (Å²) >= 11 is 0. The Morgan fingerprint density at radius 1 is 1.26 bits per heavy atom. The summed E-state index contributed by atoms with van der Waals surface area (Å²) in [6.07, 6.45) is 0.216. The predicted octanol–water partition coefficient (Wildman–Crippen LogP) is 2.66. The third kappa shape index (κ3) is 3.03. The predicted molar refractivity (Wildman–Crippen MR) is 86.1 cm³/mol. The second kappa shape index (κ2) is 5.88. The molecule has 0 aliphatic heterocycles. The van der Waals surface area contributed by atoms with E-state index in [1.54, 1.807) is 17.8 Å². The van der Waals surface area contributed by atoms with Gasteiger partial charge < -0.3 is 5.32 Å². The van der Waals surface area contributed by atoms with Crippen molar-refractivity contribution in [3.63, 3.8) is 0 Å². The second-order valence-electron chi connectivity index (χ2n) is 5.14. The summed E-state index contributed by atoms with van der Waals surface area (Å²) in [6, 6.07) is 13.8. The molecule has 0 atom stereocenters. The Bertz CT molecular complexity index is 887. The third-order valence-corrected chi connectivity index (χ3v) is 3.51. The molecule has 0 bridgehead atoms. The Kier molecular flexibility index (Phi) is 3.76. The van der Waals surface area contributed by atoms with Gasteiger partial charge in [-0.1, -0.05) is 30.3 Å². The fraction of sp³-hybridized carbons (Fsp3) is 0.125. The average Bonchev–Trinajstić information content (AvgIpc) is 2.84. The highest BCUT2D eigenvalue weighted by molar-refractivity contribution is 6.01. The zero-order valence-electron chi connectivity index (χ0n) is 12.4. The number of hydrogen-bond acceptors (Lipinski definition) is 4. The van der Waals surface area contributed by atoms with Crippen molar-refractivity contribution < 1.29 is 9.72 Å². The Labute approximate surface area is 131 Å². The van der Waals surface area contributed by atoms with Gasteiger partial charge in [-0.15, -0.1) is 0 Å². The molecular weight excluding hydrogens is 296 g/mol. The van der Waals surface area contributed by atoms with Gasteiger partial charge in [0.2, 0.25) is 5.91 Å². The Balaban J connectivity index is 1.88. The highest BCUT2D eigenvalue weighted by Gasteiger charge is 2.15. The number of nitrogens with one attached hydrogen (secondary N) is 1. The maximum Gasteiger partial charge on any atom is 0.270 e. The zero-order valence-corrected chi connectivity index (χ0v) is 12.4. The lowest BCUT2D eigenvalue weighted by molar-refractivity contribution is -0.384. The normalized spacial score (nSPS) is 10.7. The number of carbonyl (C=O) groups excluding carboxylic acids is 1. The Morgan fingerprint density at radius 2 is 2.00 bits per heavy atom. The van der Waals surface area contributed by atoms with Crippen LogP contribution in [0.4, 0.5) is 11.5 Å². The second-order valence-corrected chi connectivity index (χ2v) is 5.14. The molecule has 1 aromatic heterocycles. The van der Waals surface area contributed by atoms with E-state index in [9.17, 15) is 14.9 Å². The van der Waals surface area contributed by atoms with E-state index in [-0.39, 0.29) is 18.0 Å². The molecule has 0 saturated carbocycles. The quantitative estimate of drug-likeness (QED) is 0.592. The number of amides is 1. The molecule has 3 rings (SSSR count). The number of nitro groups is 1. The van der Waals surface area contributed by atoms with E-state index >= 15 is 0 Å². The third-order valence-electron chi connectivity index (χ3n) is 3.51. The molecule has 0 radical (unpaired) electrons. The van der Waals surface area contributed by atoms with Crippen LogP contribution in [0.1, 0.15) is 5.56 Å². The monoisotopic (exact) mass is 310 g/mol. The van der Waals surface area contributed by atoms with Gasteiger partial charge in [0.15, 0.2) is 5.82 Å². The van der Waals surface area contributed by atoms with Crippen LogP contribution in [0.3, 0.4) is 0 Å². The molecule has 0 saturated heterocycles. The number of nitro benzene ring substituents is 1. The minimum Gasteiger partial charge on any atom is -0.308 e. The molecule has 116 valence electrons. The van der Waals surface area contributed by atoms with Crippen LogP contribution in [0.15, 0.2) is 48.5 Å². The van der Waals surface area contributed by atoms with Crippen LogP contribution in [-0.2, 0) is 18.3 Å². The van der Waals surface area contributed by atoms with Crippen molar-refractivity contribution in [3.05, 3.63) is 64.2 Å². The zero-order chi connectivity index (χ0) is 16.4. The van der Waals surface area contributed by atoms with Crippen molar-refractivity contribution in [1.29, 1.82) is 0 Å². The molecule has 0 aliphatic rings. The van der Waals surface area contributed by atoms with Crippen LogP contribution >= 0.6 is 0 Å². The molecule has 1 heterocycles. The molecule has 1 amide bonds. The summed E-state index contributed by atoms with van der Waals surface area (Å²) in [6.45, 7) is 0. The smallest absolute Gasteiger partial charge is 0.270 e. The lowest BCUT2D eigenvalue weighted by Crippen LogP contribution is -2.15. The number of rotatable bonds is 4. The summed E-state index contributed by atoms with van der Waals surface area (Å²) in [5.41, 5.74) is 1.56. The van der Waals surface area contributed by atoms with E-state index in [0.29, 0.717) is 16.7 Å². The molecule has 0 unspecified atom stereocenters. The molecule has 0 fully saturated rings. The summed E-state index contributed by atoms with van der Waals surface area (Å²) in [5, 5.41) is 18.4. The van der Waals surface area contributed by atoms with Gasteiger partial charge >= 0.3 is 0 Å². The minimum atomic E-state index is -0.470. The van der Waals surface area contributed by atoms with Gasteiger partial charge in [-0.2, -0.15) is 5.10 Å². The number of hydrogen-bond donors (Lipinski definition) is 1. The fourth-order valence-electron chi connectivity index (χ4n) is 2.42. The molecule has 1 N–H and O–H groups in total. The van der Waals surface area contributed by atoms with E-state index in [4.69, 9.17) is 0 Å². The fourth-order valence-corrected chi connectivity index (χ4v) is 2.42. The van der Waals surface area contributed by atoms with Gasteiger partial charge in [0.25, 0.3) is 5.69 Å². The number of aryl methyl sites for hydroxylation is 1. The molecule has 0 spiro atoms. The van der Waals surface area contributed by atoms with Gasteiger partial charge in [-0.05, 0) is 11.6 Å². The van der Waals surface area contributed by atoms with Crippen molar-refractivity contribution in [1.82, 2.24) is 9.78 Å². The van der Waals surface area contributed by atoms with Gasteiger partial charge in [-0.3, -0.25) is 19.6 Å². The van der Waals surface area contributed by atoms with Crippen molar-refractivity contribution in [2.24, 2.45) is 7.05 Å². The maximum absolute atomic E-state index is 12.2. The number of non-ortho nitro benzene ring substituents is 1. The first kappa shape index (κ1) is 14.7. The lowest BCUT2D eigenvalue weighted by Gasteiger charge is -2.02. The lowest BCUT2D eigenvalue weighted by atomic mass is 10.1. The van der Waals surface area contributed by atoms with Crippen LogP contribution in [-0.4, -0.2) is 20.6 Å². The molecular formula is C16H14N4O3. The number of benzene rings is 2. The van der Waals surface area contributed by atoms with Crippen LogP contribution in [0, 0.1) is 10.1 Å². The number of carbonyl (C=O) groups is 1. The van der Waals surface area contributed by atoms with Crippen LogP contribution in [0.25, 0.3) is 10.9 Å². The van der Waals surface area contributed by atoms with Gasteiger partial charge in [0.1, 0.15) is 0 Å². The van der Waals surface area contributed by atoms with E-state index in [2.05, 4.69) is 10.4 Å². The van der Waals surface area contributed by atoms with E-state index in [1.165, 1.54) is 12.1 Å². The van der Waals surface area contributed by atoms with Gasteiger partial charge in [0.05, 0.1) is 22.2 Å². The number of aromatic nitrogens is 2. The summed E-state index contributed by atoms with van der Waals surface area (Å²) in [7, 11) is 1.72. The SMILES string of the molecule is Cn1nc(NC(=O)Cc2ccccc2)c2cc([N+](=O)[O-])ccc21. The van der Waals surface area contributed by atoms with Crippen molar-refractivity contribution in [2.45, 2.75) is 6.42 Å². The summed E-state index contributed by atoms with van der Waals surface area (Å²) < 4.78 is 1.58. The Hall–Kier alpha value is -3.22. The van der Waals surface area contributed by atoms with Crippen molar-refractivity contribution >= 4 is 28.3 Å². The van der Waals surface area contributed by atoms with Crippen LogP contribution in [0.5, 0.6) is 0 Å². The first-order valence-electron chi connectivity index (χ1n) is 6.99. The summed E-state index contributed by atoms with van der Waals surface area (Å²) in [4.78, 5) is 22.6. The van der Waals surface area contributed by atoms with Gasteiger partial charge in [-0.25, -0.2) is 0 Å².